The van der Waals surface area contributed by atoms with Crippen molar-refractivity contribution in [3.8, 4) is 0 Å². The molecule has 0 unspecified atom stereocenters. The summed E-state index contributed by atoms with van der Waals surface area (Å²) >= 11 is 0. The highest BCUT2D eigenvalue weighted by atomic mass is 16.5. The smallest absolute Gasteiger partial charge is 0.307 e. The van der Waals surface area contributed by atoms with Gasteiger partial charge in [0.25, 0.3) is 0 Å². The molecule has 1 amide bonds. The van der Waals surface area contributed by atoms with Crippen LogP contribution in [0.5, 0.6) is 0 Å². The topological polar surface area (TPSA) is 46.6 Å². The summed E-state index contributed by atoms with van der Waals surface area (Å²) < 4.78 is 4.93. The molecule has 1 fully saturated rings. The van der Waals surface area contributed by atoms with E-state index in [2.05, 4.69) is 0 Å². The van der Waals surface area contributed by atoms with E-state index in [1.807, 2.05) is 18.7 Å². The van der Waals surface area contributed by atoms with Gasteiger partial charge >= 0.3 is 5.97 Å². The van der Waals surface area contributed by atoms with Gasteiger partial charge in [0.05, 0.1) is 13.0 Å². The molecule has 1 rings (SSSR count). The first-order valence-electron chi connectivity index (χ1n) is 8.49. The van der Waals surface area contributed by atoms with Crippen molar-refractivity contribution in [3.63, 3.8) is 0 Å². The average molecular weight is 297 g/mol. The van der Waals surface area contributed by atoms with Gasteiger partial charge in [-0.3, -0.25) is 9.59 Å². The van der Waals surface area contributed by atoms with Crippen molar-refractivity contribution in [2.24, 2.45) is 5.92 Å². The summed E-state index contributed by atoms with van der Waals surface area (Å²) in [6.07, 6.45) is 8.44. The Morgan fingerprint density at radius 2 is 1.81 bits per heavy atom. The molecule has 0 radical (unpaired) electrons. The molecule has 0 atom stereocenters. The van der Waals surface area contributed by atoms with Crippen LogP contribution in [-0.4, -0.2) is 36.0 Å². The minimum absolute atomic E-state index is 0.137. The van der Waals surface area contributed by atoms with Crippen molar-refractivity contribution in [2.75, 3.05) is 13.2 Å². The molecule has 0 spiro atoms. The summed E-state index contributed by atoms with van der Waals surface area (Å²) in [7, 11) is 0. The minimum atomic E-state index is -0.219. The Balaban J connectivity index is 2.35. The van der Waals surface area contributed by atoms with Crippen LogP contribution in [0.2, 0.25) is 0 Å². The summed E-state index contributed by atoms with van der Waals surface area (Å²) in [5, 5.41) is 0. The standard InChI is InChI=1S/C17H31NO3/c1-4-21-17(20)12-13-18(14(2)3)16(19)11-10-15-8-6-5-7-9-15/h14-15H,4-13H2,1-3H3. The second-order valence-electron chi connectivity index (χ2n) is 6.28. The van der Waals surface area contributed by atoms with Gasteiger partial charge in [-0.25, -0.2) is 0 Å². The minimum Gasteiger partial charge on any atom is -0.466 e. The van der Waals surface area contributed by atoms with E-state index in [0.717, 1.165) is 12.3 Å². The third kappa shape index (κ3) is 6.96. The number of ether oxygens (including phenoxy) is 1. The lowest BCUT2D eigenvalue weighted by molar-refractivity contribution is -0.144. The zero-order valence-electron chi connectivity index (χ0n) is 13.9. The summed E-state index contributed by atoms with van der Waals surface area (Å²) in [4.78, 5) is 25.6. The molecule has 0 aromatic heterocycles. The van der Waals surface area contributed by atoms with E-state index < -0.39 is 0 Å². The van der Waals surface area contributed by atoms with Crippen molar-refractivity contribution in [3.05, 3.63) is 0 Å². The van der Waals surface area contributed by atoms with Gasteiger partial charge in [0.1, 0.15) is 0 Å². The highest BCUT2D eigenvalue weighted by Gasteiger charge is 2.20. The molecule has 4 nitrogen and oxygen atoms in total. The number of esters is 1. The monoisotopic (exact) mass is 297 g/mol. The van der Waals surface area contributed by atoms with Crippen molar-refractivity contribution >= 4 is 11.9 Å². The molecular formula is C17H31NO3. The van der Waals surface area contributed by atoms with Gasteiger partial charge < -0.3 is 9.64 Å². The van der Waals surface area contributed by atoms with Crippen LogP contribution in [0.3, 0.4) is 0 Å². The number of carbonyl (C=O) groups is 2. The number of hydrogen-bond donors (Lipinski definition) is 0. The van der Waals surface area contributed by atoms with E-state index in [0.29, 0.717) is 26.0 Å². The maximum absolute atomic E-state index is 12.4. The highest BCUT2D eigenvalue weighted by Crippen LogP contribution is 2.27. The Morgan fingerprint density at radius 3 is 2.38 bits per heavy atom. The predicted octanol–water partition coefficient (Wildman–Crippen LogP) is 3.54. The number of nitrogens with zero attached hydrogens (tertiary/aromatic N) is 1. The Bertz CT molecular complexity index is 322. The normalized spacial score (nSPS) is 16.0. The third-order valence-corrected chi connectivity index (χ3v) is 4.30. The zero-order valence-corrected chi connectivity index (χ0v) is 13.9. The van der Waals surface area contributed by atoms with Gasteiger partial charge in [0.15, 0.2) is 0 Å². The molecule has 1 aliphatic carbocycles. The van der Waals surface area contributed by atoms with Crippen molar-refractivity contribution < 1.29 is 14.3 Å². The Kier molecular flexibility index (Phi) is 8.40. The zero-order chi connectivity index (χ0) is 15.7. The number of rotatable bonds is 8. The van der Waals surface area contributed by atoms with Crippen LogP contribution in [0, 0.1) is 5.92 Å². The second-order valence-corrected chi connectivity index (χ2v) is 6.28. The summed E-state index contributed by atoms with van der Waals surface area (Å²) in [6.45, 7) is 6.68. The fraction of sp³-hybridized carbons (Fsp3) is 0.882. The van der Waals surface area contributed by atoms with E-state index >= 15 is 0 Å². The van der Waals surface area contributed by atoms with Crippen LogP contribution in [0.1, 0.15) is 72.1 Å². The van der Waals surface area contributed by atoms with E-state index in [-0.39, 0.29) is 17.9 Å². The van der Waals surface area contributed by atoms with Crippen molar-refractivity contribution in [1.82, 2.24) is 4.90 Å². The molecule has 122 valence electrons. The molecule has 0 aromatic rings. The second kappa shape index (κ2) is 9.80. The first-order valence-corrected chi connectivity index (χ1v) is 8.49. The molecule has 4 heteroatoms. The van der Waals surface area contributed by atoms with Crippen molar-refractivity contribution in [2.45, 2.75) is 78.2 Å². The molecule has 0 aromatic carbocycles. The first kappa shape index (κ1) is 18.0. The SMILES string of the molecule is CCOC(=O)CCN(C(=O)CCC1CCCCC1)C(C)C. The maximum atomic E-state index is 12.4. The molecular weight excluding hydrogens is 266 g/mol. The quantitative estimate of drug-likeness (QED) is 0.644. The van der Waals surface area contributed by atoms with Gasteiger partial charge in [-0.05, 0) is 33.1 Å². The molecule has 0 N–H and O–H groups in total. The Morgan fingerprint density at radius 1 is 1.14 bits per heavy atom. The lowest BCUT2D eigenvalue weighted by atomic mass is 9.86. The van der Waals surface area contributed by atoms with Crippen molar-refractivity contribution in [1.29, 1.82) is 0 Å². The third-order valence-electron chi connectivity index (χ3n) is 4.30. The Labute approximate surface area is 129 Å². The lowest BCUT2D eigenvalue weighted by Gasteiger charge is -2.28. The summed E-state index contributed by atoms with van der Waals surface area (Å²) in [5.74, 6) is 0.685. The van der Waals surface area contributed by atoms with Gasteiger partial charge in [0, 0.05) is 19.0 Å². The van der Waals surface area contributed by atoms with Gasteiger partial charge in [0.2, 0.25) is 5.91 Å². The van der Waals surface area contributed by atoms with Crippen LogP contribution < -0.4 is 0 Å². The van der Waals surface area contributed by atoms with Crippen LogP contribution in [-0.2, 0) is 14.3 Å². The fourth-order valence-electron chi connectivity index (χ4n) is 3.06. The molecule has 0 saturated heterocycles. The van der Waals surface area contributed by atoms with E-state index in [9.17, 15) is 9.59 Å². The highest BCUT2D eigenvalue weighted by molar-refractivity contribution is 5.77. The van der Waals surface area contributed by atoms with E-state index in [1.54, 1.807) is 6.92 Å². The predicted molar refractivity (Wildman–Crippen MR) is 83.9 cm³/mol. The van der Waals surface area contributed by atoms with Crippen LogP contribution in [0.4, 0.5) is 0 Å². The number of hydrogen-bond acceptors (Lipinski definition) is 3. The molecule has 0 heterocycles. The van der Waals surface area contributed by atoms with E-state index in [1.165, 1.54) is 32.1 Å². The molecule has 0 aliphatic heterocycles. The summed E-state index contributed by atoms with van der Waals surface area (Å²) in [5.41, 5.74) is 0. The molecule has 21 heavy (non-hydrogen) atoms. The Hall–Kier alpha value is -1.06. The number of carbonyl (C=O) groups excluding carboxylic acids is 2. The van der Waals surface area contributed by atoms with Gasteiger partial charge in [-0.2, -0.15) is 0 Å². The average Bonchev–Trinajstić information content (AvgIpc) is 2.46. The first-order chi connectivity index (χ1) is 10.0. The molecule has 1 saturated carbocycles. The molecule has 1 aliphatic rings. The fourth-order valence-corrected chi connectivity index (χ4v) is 3.06. The van der Waals surface area contributed by atoms with Crippen LogP contribution in [0.25, 0.3) is 0 Å². The number of amides is 1. The van der Waals surface area contributed by atoms with E-state index in [4.69, 9.17) is 4.74 Å². The summed E-state index contributed by atoms with van der Waals surface area (Å²) in [6, 6.07) is 0.137. The maximum Gasteiger partial charge on any atom is 0.307 e. The van der Waals surface area contributed by atoms with Crippen LogP contribution in [0.15, 0.2) is 0 Å². The van der Waals surface area contributed by atoms with Gasteiger partial charge in [-0.1, -0.05) is 32.1 Å². The van der Waals surface area contributed by atoms with Crippen LogP contribution >= 0.6 is 0 Å². The lowest BCUT2D eigenvalue weighted by Crippen LogP contribution is -2.38. The molecule has 0 bridgehead atoms. The van der Waals surface area contributed by atoms with Gasteiger partial charge in [-0.15, -0.1) is 0 Å². The largest absolute Gasteiger partial charge is 0.466 e.